The number of amides is 3. The van der Waals surface area contributed by atoms with Crippen molar-refractivity contribution in [2.24, 2.45) is 0 Å². The summed E-state index contributed by atoms with van der Waals surface area (Å²) in [5.41, 5.74) is 3.33. The molecule has 1 aliphatic heterocycles. The van der Waals surface area contributed by atoms with Crippen molar-refractivity contribution in [2.75, 3.05) is 19.0 Å². The molecule has 9 heteroatoms. The van der Waals surface area contributed by atoms with Crippen LogP contribution >= 0.6 is 27.7 Å². The fourth-order valence-corrected chi connectivity index (χ4v) is 5.00. The first-order valence-corrected chi connectivity index (χ1v) is 13.6. The van der Waals surface area contributed by atoms with Crippen LogP contribution in [0.1, 0.15) is 36.5 Å². The van der Waals surface area contributed by atoms with Crippen molar-refractivity contribution in [3.8, 4) is 11.5 Å². The summed E-state index contributed by atoms with van der Waals surface area (Å²) in [7, 11) is 1.50. The van der Waals surface area contributed by atoms with E-state index in [1.54, 1.807) is 24.3 Å². The summed E-state index contributed by atoms with van der Waals surface area (Å²) in [5.74, 6) is 0.426. The van der Waals surface area contributed by atoms with Crippen LogP contribution in [0.5, 0.6) is 11.5 Å². The summed E-state index contributed by atoms with van der Waals surface area (Å²) in [5, 5.41) is 2.58. The molecule has 1 heterocycles. The normalized spacial score (nSPS) is 14.3. The van der Waals surface area contributed by atoms with Crippen LogP contribution in [0.15, 0.2) is 76.1 Å². The average molecular weight is 596 g/mol. The minimum Gasteiger partial charge on any atom is -0.493 e. The van der Waals surface area contributed by atoms with Crippen LogP contribution in [0.25, 0.3) is 6.08 Å². The number of rotatable bonds is 9. The van der Waals surface area contributed by atoms with E-state index in [1.807, 2.05) is 48.5 Å². The summed E-state index contributed by atoms with van der Waals surface area (Å²) < 4.78 is 12.1. The fraction of sp³-hybridized carbons (Fsp3) is 0.207. The highest BCUT2D eigenvalue weighted by atomic mass is 79.9. The van der Waals surface area contributed by atoms with Gasteiger partial charge in [0.2, 0.25) is 0 Å². The van der Waals surface area contributed by atoms with E-state index in [4.69, 9.17) is 9.47 Å². The third-order valence-electron chi connectivity index (χ3n) is 5.83. The molecule has 196 valence electrons. The molecular weight excluding hydrogens is 568 g/mol. The van der Waals surface area contributed by atoms with E-state index >= 15 is 0 Å². The lowest BCUT2D eigenvalue weighted by atomic mass is 10.0. The molecule has 0 radical (unpaired) electrons. The molecule has 0 bridgehead atoms. The Balaban J connectivity index is 1.42. The van der Waals surface area contributed by atoms with Crippen molar-refractivity contribution in [2.45, 2.75) is 26.3 Å². The van der Waals surface area contributed by atoms with Gasteiger partial charge < -0.3 is 14.8 Å². The highest BCUT2D eigenvalue weighted by molar-refractivity contribution is 9.10. The zero-order chi connectivity index (χ0) is 27.2. The predicted octanol–water partition coefficient (Wildman–Crippen LogP) is 6.84. The SMILES string of the molecule is COc1cc(/C=C2\SC(=O)N(Cc3ccc(Br)cc3)C2=O)ccc1OCC(=O)Nc1ccccc1C(C)C. The number of carbonyl (C=O) groups excluding carboxylic acids is 3. The number of benzene rings is 3. The number of halogens is 1. The number of hydrogen-bond acceptors (Lipinski definition) is 6. The maximum atomic E-state index is 12.9. The Kier molecular flexibility index (Phi) is 8.91. The van der Waals surface area contributed by atoms with Gasteiger partial charge in [-0.3, -0.25) is 19.3 Å². The van der Waals surface area contributed by atoms with Crippen LogP contribution in [0, 0.1) is 0 Å². The van der Waals surface area contributed by atoms with Gasteiger partial charge in [-0.05, 0) is 70.8 Å². The van der Waals surface area contributed by atoms with E-state index < -0.39 is 0 Å². The molecule has 7 nitrogen and oxygen atoms in total. The van der Waals surface area contributed by atoms with Gasteiger partial charge in [-0.15, -0.1) is 0 Å². The molecule has 0 unspecified atom stereocenters. The Bertz CT molecular complexity index is 1390. The minimum atomic E-state index is -0.347. The molecule has 3 aromatic carbocycles. The molecule has 1 saturated heterocycles. The number of imide groups is 1. The molecule has 0 aromatic heterocycles. The number of ether oxygens (including phenoxy) is 2. The Morgan fingerprint density at radius 3 is 2.50 bits per heavy atom. The molecule has 4 rings (SSSR count). The van der Waals surface area contributed by atoms with Crippen LogP contribution in [0.2, 0.25) is 0 Å². The monoisotopic (exact) mass is 594 g/mol. The van der Waals surface area contributed by atoms with Gasteiger partial charge in [-0.1, -0.05) is 66.2 Å². The van der Waals surface area contributed by atoms with Crippen LogP contribution in [-0.2, 0) is 16.1 Å². The van der Waals surface area contributed by atoms with E-state index in [2.05, 4.69) is 35.1 Å². The van der Waals surface area contributed by atoms with Gasteiger partial charge in [0.05, 0.1) is 18.6 Å². The lowest BCUT2D eigenvalue weighted by Crippen LogP contribution is -2.27. The third-order valence-corrected chi connectivity index (χ3v) is 7.26. The molecule has 0 aliphatic carbocycles. The first kappa shape index (κ1) is 27.5. The fourth-order valence-electron chi connectivity index (χ4n) is 3.90. The van der Waals surface area contributed by atoms with E-state index in [0.29, 0.717) is 22.0 Å². The Morgan fingerprint density at radius 2 is 1.79 bits per heavy atom. The summed E-state index contributed by atoms with van der Waals surface area (Å²) in [6.45, 7) is 4.14. The number of para-hydroxylation sites is 1. The zero-order valence-corrected chi connectivity index (χ0v) is 23.6. The van der Waals surface area contributed by atoms with Gasteiger partial charge >= 0.3 is 0 Å². The van der Waals surface area contributed by atoms with Gasteiger partial charge in [0.25, 0.3) is 17.1 Å². The molecule has 3 amide bonds. The lowest BCUT2D eigenvalue weighted by Gasteiger charge is -2.15. The van der Waals surface area contributed by atoms with Crippen molar-refractivity contribution < 1.29 is 23.9 Å². The number of anilines is 1. The molecule has 3 aromatic rings. The molecule has 1 aliphatic rings. The molecule has 0 atom stereocenters. The van der Waals surface area contributed by atoms with Crippen molar-refractivity contribution in [3.05, 3.63) is 92.8 Å². The molecule has 0 spiro atoms. The molecule has 1 fully saturated rings. The number of nitrogens with one attached hydrogen (secondary N) is 1. The van der Waals surface area contributed by atoms with E-state index in [1.165, 1.54) is 12.0 Å². The first-order valence-electron chi connectivity index (χ1n) is 11.9. The van der Waals surface area contributed by atoms with Gasteiger partial charge in [0.15, 0.2) is 18.1 Å². The maximum absolute atomic E-state index is 12.9. The molecule has 1 N–H and O–H groups in total. The standard InChI is InChI=1S/C29H27BrN2O5S/c1-18(2)22-6-4-5-7-23(22)31-27(33)17-37-24-13-10-20(14-25(24)36-3)15-26-28(34)32(29(35)38-26)16-19-8-11-21(30)12-9-19/h4-15,18H,16-17H2,1-3H3,(H,31,33)/b26-15-. The van der Waals surface area contributed by atoms with Gasteiger partial charge in [0.1, 0.15) is 0 Å². The largest absolute Gasteiger partial charge is 0.493 e. The minimum absolute atomic E-state index is 0.197. The zero-order valence-electron chi connectivity index (χ0n) is 21.2. The van der Waals surface area contributed by atoms with Crippen molar-refractivity contribution in [1.29, 1.82) is 0 Å². The maximum Gasteiger partial charge on any atom is 0.293 e. The summed E-state index contributed by atoms with van der Waals surface area (Å²) >= 11 is 4.28. The number of hydrogen-bond donors (Lipinski definition) is 1. The molecule has 0 saturated carbocycles. The van der Waals surface area contributed by atoms with Crippen LogP contribution in [-0.4, -0.2) is 35.7 Å². The van der Waals surface area contributed by atoms with Gasteiger partial charge in [-0.25, -0.2) is 0 Å². The third kappa shape index (κ3) is 6.65. The summed E-state index contributed by atoms with van der Waals surface area (Å²) in [6.07, 6.45) is 1.65. The van der Waals surface area contributed by atoms with Crippen molar-refractivity contribution in [3.63, 3.8) is 0 Å². The lowest BCUT2D eigenvalue weighted by molar-refractivity contribution is -0.123. The Labute approximate surface area is 234 Å². The first-order chi connectivity index (χ1) is 18.2. The number of thioether (sulfide) groups is 1. The smallest absolute Gasteiger partial charge is 0.293 e. The van der Waals surface area contributed by atoms with E-state index in [0.717, 1.165) is 33.0 Å². The molecule has 38 heavy (non-hydrogen) atoms. The topological polar surface area (TPSA) is 84.9 Å². The second-order valence-electron chi connectivity index (χ2n) is 8.88. The van der Waals surface area contributed by atoms with Crippen LogP contribution in [0.3, 0.4) is 0 Å². The molecular formula is C29H27BrN2O5S. The van der Waals surface area contributed by atoms with E-state index in [-0.39, 0.29) is 36.1 Å². The number of carbonyl (C=O) groups is 3. The van der Waals surface area contributed by atoms with Crippen molar-refractivity contribution >= 4 is 56.5 Å². The average Bonchev–Trinajstić information content (AvgIpc) is 3.16. The second kappa shape index (κ2) is 12.3. The highest BCUT2D eigenvalue weighted by Gasteiger charge is 2.35. The Hall–Kier alpha value is -3.56. The summed E-state index contributed by atoms with van der Waals surface area (Å²) in [6, 6.07) is 20.2. The van der Waals surface area contributed by atoms with Crippen LogP contribution < -0.4 is 14.8 Å². The number of nitrogens with zero attached hydrogens (tertiary/aromatic N) is 1. The van der Waals surface area contributed by atoms with Crippen molar-refractivity contribution in [1.82, 2.24) is 4.90 Å². The van der Waals surface area contributed by atoms with Gasteiger partial charge in [-0.2, -0.15) is 0 Å². The summed E-state index contributed by atoms with van der Waals surface area (Å²) in [4.78, 5) is 39.5. The quantitative estimate of drug-likeness (QED) is 0.273. The van der Waals surface area contributed by atoms with E-state index in [9.17, 15) is 14.4 Å². The highest BCUT2D eigenvalue weighted by Crippen LogP contribution is 2.35. The second-order valence-corrected chi connectivity index (χ2v) is 10.8. The predicted molar refractivity (Wildman–Crippen MR) is 153 cm³/mol. The number of methoxy groups -OCH3 is 1. The Morgan fingerprint density at radius 1 is 1.05 bits per heavy atom. The van der Waals surface area contributed by atoms with Crippen LogP contribution in [0.4, 0.5) is 10.5 Å². The van der Waals surface area contributed by atoms with Gasteiger partial charge in [0, 0.05) is 10.2 Å².